The molecule has 1 aromatic rings. The van der Waals surface area contributed by atoms with E-state index in [0.717, 1.165) is 13.0 Å². The molecule has 0 aliphatic rings. The van der Waals surface area contributed by atoms with E-state index in [1.54, 1.807) is 27.1 Å². The lowest BCUT2D eigenvalue weighted by Gasteiger charge is -2.21. The Morgan fingerprint density at radius 1 is 1.39 bits per heavy atom. The summed E-state index contributed by atoms with van der Waals surface area (Å²) in [5, 5.41) is 11.6. The van der Waals surface area contributed by atoms with Gasteiger partial charge in [-0.15, -0.1) is 0 Å². The number of carboxylic acid groups (broad SMARTS) is 1. The monoisotopic (exact) mass is 325 g/mol. The molecule has 7 heteroatoms. The molecule has 1 heterocycles. The summed E-state index contributed by atoms with van der Waals surface area (Å²) in [5.74, 6) is -0.533. The molecule has 0 aliphatic carbocycles. The number of nitrogens with zero attached hydrogens (tertiary/aromatic N) is 2. The summed E-state index contributed by atoms with van der Waals surface area (Å²) in [6.45, 7) is 10.3. The van der Waals surface area contributed by atoms with Gasteiger partial charge >= 0.3 is 12.1 Å². The Balaban J connectivity index is 2.62. The van der Waals surface area contributed by atoms with Gasteiger partial charge < -0.3 is 19.7 Å². The van der Waals surface area contributed by atoms with Crippen molar-refractivity contribution in [1.82, 2.24) is 14.9 Å². The maximum absolute atomic E-state index is 11.7. The minimum Gasteiger partial charge on any atom is -0.480 e. The summed E-state index contributed by atoms with van der Waals surface area (Å²) in [6.07, 6.45) is 3.89. The summed E-state index contributed by atoms with van der Waals surface area (Å²) < 4.78 is 7.02. The smallest absolute Gasteiger partial charge is 0.408 e. The Kier molecular flexibility index (Phi) is 6.60. The molecular weight excluding hydrogens is 298 g/mol. The second kappa shape index (κ2) is 7.99. The van der Waals surface area contributed by atoms with Gasteiger partial charge in [-0.1, -0.05) is 13.8 Å². The molecule has 0 unspecified atom stereocenters. The SMILES string of the molecule is CC(C)CCn1cnc(C[C@H](NC(=O)OC(C)(C)C)C(=O)O)c1. The van der Waals surface area contributed by atoms with Gasteiger partial charge in [-0.2, -0.15) is 0 Å². The Labute approximate surface area is 137 Å². The molecule has 0 radical (unpaired) electrons. The Morgan fingerprint density at radius 2 is 2.04 bits per heavy atom. The fourth-order valence-corrected chi connectivity index (χ4v) is 1.90. The van der Waals surface area contributed by atoms with Crippen LogP contribution in [0.4, 0.5) is 4.79 Å². The third-order valence-corrected chi connectivity index (χ3v) is 3.05. The Bertz CT molecular complexity index is 532. The largest absolute Gasteiger partial charge is 0.480 e. The van der Waals surface area contributed by atoms with Crippen molar-refractivity contribution in [3.8, 4) is 0 Å². The predicted molar refractivity (Wildman–Crippen MR) is 86.2 cm³/mol. The highest BCUT2D eigenvalue weighted by Gasteiger charge is 2.24. The van der Waals surface area contributed by atoms with Gasteiger partial charge in [-0.25, -0.2) is 14.6 Å². The van der Waals surface area contributed by atoms with Gasteiger partial charge in [0, 0.05) is 19.2 Å². The molecule has 0 spiro atoms. The summed E-state index contributed by atoms with van der Waals surface area (Å²) in [6, 6.07) is -1.07. The van der Waals surface area contributed by atoms with Crippen molar-refractivity contribution >= 4 is 12.1 Å². The molecular formula is C16H27N3O4. The quantitative estimate of drug-likeness (QED) is 0.803. The maximum Gasteiger partial charge on any atom is 0.408 e. The Hall–Kier alpha value is -2.05. The number of amides is 1. The van der Waals surface area contributed by atoms with Crippen LogP contribution in [0.25, 0.3) is 0 Å². The first kappa shape index (κ1) is 19.0. The molecule has 23 heavy (non-hydrogen) atoms. The molecule has 0 aromatic carbocycles. The van der Waals surface area contributed by atoms with Crippen LogP contribution in [0.15, 0.2) is 12.5 Å². The van der Waals surface area contributed by atoms with Crippen LogP contribution in [0.1, 0.15) is 46.7 Å². The first-order valence-electron chi connectivity index (χ1n) is 7.80. The van der Waals surface area contributed by atoms with Crippen LogP contribution in [-0.2, 0) is 22.5 Å². The molecule has 0 aliphatic heterocycles. The van der Waals surface area contributed by atoms with E-state index in [4.69, 9.17) is 4.74 Å². The Morgan fingerprint density at radius 3 is 2.57 bits per heavy atom. The standard InChI is InChI=1S/C16H27N3O4/c1-11(2)6-7-19-9-12(17-10-19)8-13(14(20)21)18-15(22)23-16(3,4)5/h9-11,13H,6-8H2,1-5H3,(H,18,22)(H,20,21)/t13-/m0/s1. The molecule has 0 fully saturated rings. The van der Waals surface area contributed by atoms with Crippen molar-refractivity contribution in [3.05, 3.63) is 18.2 Å². The van der Waals surface area contributed by atoms with Crippen molar-refractivity contribution in [2.45, 2.75) is 65.6 Å². The number of ether oxygens (including phenoxy) is 1. The van der Waals surface area contributed by atoms with Crippen LogP contribution in [0.2, 0.25) is 0 Å². The number of rotatable bonds is 7. The van der Waals surface area contributed by atoms with Gasteiger partial charge in [0.05, 0.1) is 12.0 Å². The summed E-state index contributed by atoms with van der Waals surface area (Å²) in [5.41, 5.74) is -0.0526. The van der Waals surface area contributed by atoms with Crippen LogP contribution < -0.4 is 5.32 Å². The number of aromatic nitrogens is 2. The second-order valence-corrected chi connectivity index (χ2v) is 7.03. The number of hydrogen-bond donors (Lipinski definition) is 2. The molecule has 0 saturated heterocycles. The van der Waals surface area contributed by atoms with Gasteiger partial charge in [0.25, 0.3) is 0 Å². The van der Waals surface area contributed by atoms with Gasteiger partial charge in [-0.05, 0) is 33.1 Å². The fraction of sp³-hybridized carbons (Fsp3) is 0.688. The zero-order valence-electron chi connectivity index (χ0n) is 14.5. The average Bonchev–Trinajstić information content (AvgIpc) is 2.81. The van der Waals surface area contributed by atoms with Crippen molar-refractivity contribution in [2.75, 3.05) is 0 Å². The topological polar surface area (TPSA) is 93.5 Å². The van der Waals surface area contributed by atoms with Crippen LogP contribution >= 0.6 is 0 Å². The van der Waals surface area contributed by atoms with Crippen molar-refractivity contribution in [1.29, 1.82) is 0 Å². The highest BCUT2D eigenvalue weighted by atomic mass is 16.6. The molecule has 1 rings (SSSR count). The molecule has 2 N–H and O–H groups in total. The number of carboxylic acids is 1. The van der Waals surface area contributed by atoms with Crippen LogP contribution in [0, 0.1) is 5.92 Å². The molecule has 1 aromatic heterocycles. The number of aryl methyl sites for hydroxylation is 1. The van der Waals surface area contributed by atoms with Crippen molar-refractivity contribution in [2.24, 2.45) is 5.92 Å². The molecule has 7 nitrogen and oxygen atoms in total. The zero-order chi connectivity index (χ0) is 17.6. The highest BCUT2D eigenvalue weighted by Crippen LogP contribution is 2.09. The third-order valence-electron chi connectivity index (χ3n) is 3.05. The van der Waals surface area contributed by atoms with E-state index in [9.17, 15) is 14.7 Å². The zero-order valence-corrected chi connectivity index (χ0v) is 14.5. The van der Waals surface area contributed by atoms with E-state index in [2.05, 4.69) is 24.1 Å². The normalized spacial score (nSPS) is 13.0. The number of carbonyl (C=O) groups excluding carboxylic acids is 1. The number of aliphatic carboxylic acids is 1. The molecule has 1 amide bonds. The summed E-state index contributed by atoms with van der Waals surface area (Å²) in [4.78, 5) is 27.3. The number of nitrogens with one attached hydrogen (secondary N) is 1. The van der Waals surface area contributed by atoms with Gasteiger partial charge in [-0.3, -0.25) is 0 Å². The average molecular weight is 325 g/mol. The first-order chi connectivity index (χ1) is 10.6. The lowest BCUT2D eigenvalue weighted by atomic mass is 10.1. The van der Waals surface area contributed by atoms with Gasteiger partial charge in [0.15, 0.2) is 0 Å². The summed E-state index contributed by atoms with van der Waals surface area (Å²) in [7, 11) is 0. The molecule has 130 valence electrons. The minimum atomic E-state index is -1.12. The fourth-order valence-electron chi connectivity index (χ4n) is 1.90. The van der Waals surface area contributed by atoms with Crippen LogP contribution in [0.5, 0.6) is 0 Å². The van der Waals surface area contributed by atoms with E-state index in [0.29, 0.717) is 11.6 Å². The molecule has 0 saturated carbocycles. The number of alkyl carbamates (subject to hydrolysis) is 1. The predicted octanol–water partition coefficient (Wildman–Crippen LogP) is 2.45. The van der Waals surface area contributed by atoms with Crippen LogP contribution in [0.3, 0.4) is 0 Å². The third kappa shape index (κ3) is 7.67. The first-order valence-corrected chi connectivity index (χ1v) is 7.80. The maximum atomic E-state index is 11.7. The molecule has 0 bridgehead atoms. The number of carbonyl (C=O) groups is 2. The second-order valence-electron chi connectivity index (χ2n) is 7.03. The minimum absolute atomic E-state index is 0.114. The van der Waals surface area contributed by atoms with Crippen LogP contribution in [-0.4, -0.2) is 38.4 Å². The highest BCUT2D eigenvalue weighted by molar-refractivity contribution is 5.80. The van der Waals surface area contributed by atoms with Gasteiger partial charge in [0.1, 0.15) is 11.6 Å². The lowest BCUT2D eigenvalue weighted by Crippen LogP contribution is -2.44. The van der Waals surface area contributed by atoms with Crippen molar-refractivity contribution in [3.63, 3.8) is 0 Å². The van der Waals surface area contributed by atoms with E-state index in [1.807, 2.05) is 10.8 Å². The van der Waals surface area contributed by atoms with E-state index in [-0.39, 0.29) is 6.42 Å². The lowest BCUT2D eigenvalue weighted by molar-refractivity contribution is -0.139. The van der Waals surface area contributed by atoms with E-state index >= 15 is 0 Å². The van der Waals surface area contributed by atoms with E-state index in [1.165, 1.54) is 0 Å². The van der Waals surface area contributed by atoms with Gasteiger partial charge in [0.2, 0.25) is 0 Å². The van der Waals surface area contributed by atoms with Crippen molar-refractivity contribution < 1.29 is 19.4 Å². The number of hydrogen-bond acceptors (Lipinski definition) is 4. The molecule has 1 atom stereocenters. The van der Waals surface area contributed by atoms with E-state index < -0.39 is 23.7 Å². The number of imidazole rings is 1. The summed E-state index contributed by atoms with van der Waals surface area (Å²) >= 11 is 0.